The molecule has 3 heteroatoms. The van der Waals surface area contributed by atoms with E-state index in [1.165, 1.54) is 17.5 Å². The predicted octanol–water partition coefficient (Wildman–Crippen LogP) is 4.46. The van der Waals surface area contributed by atoms with Crippen molar-refractivity contribution < 1.29 is 9.53 Å². The van der Waals surface area contributed by atoms with Crippen LogP contribution in [0.25, 0.3) is 0 Å². The summed E-state index contributed by atoms with van der Waals surface area (Å²) in [6.07, 6.45) is 12.3. The van der Waals surface area contributed by atoms with Gasteiger partial charge in [-0.2, -0.15) is 0 Å². The molecule has 0 bridgehead atoms. The lowest BCUT2D eigenvalue weighted by Gasteiger charge is -2.35. The molecule has 2 aliphatic carbocycles. The van der Waals surface area contributed by atoms with Gasteiger partial charge in [-0.15, -0.1) is 0 Å². The Labute approximate surface area is 157 Å². The summed E-state index contributed by atoms with van der Waals surface area (Å²) in [5, 5.41) is 3.61. The number of esters is 1. The Morgan fingerprint density at radius 2 is 1.96 bits per heavy atom. The molecule has 26 heavy (non-hydrogen) atoms. The van der Waals surface area contributed by atoms with Gasteiger partial charge < -0.3 is 10.1 Å². The van der Waals surface area contributed by atoms with Crippen molar-refractivity contribution in [2.75, 3.05) is 6.54 Å². The molecule has 0 fully saturated rings. The minimum Gasteiger partial charge on any atom is -0.426 e. The fourth-order valence-electron chi connectivity index (χ4n) is 3.93. The number of carbonyl (C=O) groups is 1. The van der Waals surface area contributed by atoms with Crippen LogP contribution in [0.3, 0.4) is 0 Å². The summed E-state index contributed by atoms with van der Waals surface area (Å²) in [7, 11) is 0. The number of carbonyl (C=O) groups excluding carboxylic acids is 1. The molecule has 3 rings (SSSR count). The van der Waals surface area contributed by atoms with Crippen molar-refractivity contribution in [2.24, 2.45) is 17.3 Å². The first-order valence-electron chi connectivity index (χ1n) is 9.81. The van der Waals surface area contributed by atoms with E-state index in [4.69, 9.17) is 4.74 Å². The van der Waals surface area contributed by atoms with Crippen LogP contribution in [0.5, 0.6) is 5.75 Å². The second kappa shape index (κ2) is 7.79. The Balaban J connectivity index is 1.71. The molecule has 3 nitrogen and oxygen atoms in total. The van der Waals surface area contributed by atoms with Crippen LogP contribution in [0.1, 0.15) is 45.2 Å². The van der Waals surface area contributed by atoms with E-state index in [0.29, 0.717) is 23.6 Å². The van der Waals surface area contributed by atoms with Crippen molar-refractivity contribution in [3.63, 3.8) is 0 Å². The molecule has 2 unspecified atom stereocenters. The molecule has 1 aromatic rings. The van der Waals surface area contributed by atoms with E-state index in [1.54, 1.807) is 0 Å². The molecule has 0 heterocycles. The van der Waals surface area contributed by atoms with Gasteiger partial charge in [-0.25, -0.2) is 0 Å². The summed E-state index contributed by atoms with van der Waals surface area (Å²) in [5.41, 5.74) is 2.24. The molecule has 0 radical (unpaired) electrons. The third-order valence-corrected chi connectivity index (χ3v) is 5.43. The number of hydrogen-bond acceptors (Lipinski definition) is 3. The van der Waals surface area contributed by atoms with Gasteiger partial charge in [-0.05, 0) is 81.7 Å². The predicted molar refractivity (Wildman–Crippen MR) is 106 cm³/mol. The van der Waals surface area contributed by atoms with Crippen LogP contribution < -0.4 is 10.1 Å². The highest BCUT2D eigenvalue weighted by Gasteiger charge is 2.30. The summed E-state index contributed by atoms with van der Waals surface area (Å²) in [6, 6.07) is 6.59. The van der Waals surface area contributed by atoms with Crippen LogP contribution in [0.15, 0.2) is 42.5 Å². The molecule has 3 atom stereocenters. The number of allylic oxidation sites excluding steroid dienone is 2. The van der Waals surface area contributed by atoms with Crippen LogP contribution in [0.2, 0.25) is 0 Å². The average molecular weight is 354 g/mol. The van der Waals surface area contributed by atoms with Gasteiger partial charge in [0.1, 0.15) is 5.75 Å². The molecule has 1 aromatic carbocycles. The molecular weight excluding hydrogens is 322 g/mol. The van der Waals surface area contributed by atoms with Gasteiger partial charge in [0, 0.05) is 6.04 Å². The van der Waals surface area contributed by atoms with Gasteiger partial charge in [0.2, 0.25) is 0 Å². The van der Waals surface area contributed by atoms with Gasteiger partial charge in [-0.1, -0.05) is 37.3 Å². The maximum Gasteiger partial charge on any atom is 0.316 e. The van der Waals surface area contributed by atoms with Gasteiger partial charge in [-0.3, -0.25) is 4.79 Å². The Morgan fingerprint density at radius 1 is 1.19 bits per heavy atom. The molecular formula is C23H31NO2. The maximum atomic E-state index is 12.1. The minimum atomic E-state index is -0.483. The lowest BCUT2D eigenvalue weighted by atomic mass is 9.73. The number of ether oxygens (including phenoxy) is 1. The SMILES string of the molecule is CCNC1C=CC=CC1[C@@H]1CCc2cc(OC(=O)C(C)(C)C)ccc2C1. The lowest BCUT2D eigenvalue weighted by Crippen LogP contribution is -2.40. The quantitative estimate of drug-likeness (QED) is 0.641. The highest BCUT2D eigenvalue weighted by molar-refractivity contribution is 5.77. The fraction of sp³-hybridized carbons (Fsp3) is 0.522. The Hall–Kier alpha value is -1.87. The van der Waals surface area contributed by atoms with Crippen molar-refractivity contribution in [3.05, 3.63) is 53.6 Å². The van der Waals surface area contributed by atoms with Crippen LogP contribution >= 0.6 is 0 Å². The number of aryl methyl sites for hydroxylation is 1. The van der Waals surface area contributed by atoms with Gasteiger partial charge in [0.25, 0.3) is 0 Å². The second-order valence-corrected chi connectivity index (χ2v) is 8.50. The smallest absolute Gasteiger partial charge is 0.316 e. The van der Waals surface area contributed by atoms with Crippen molar-refractivity contribution in [3.8, 4) is 5.75 Å². The van der Waals surface area contributed by atoms with Crippen LogP contribution in [0, 0.1) is 17.3 Å². The van der Waals surface area contributed by atoms with E-state index in [0.717, 1.165) is 19.4 Å². The monoisotopic (exact) mass is 353 g/mol. The third kappa shape index (κ3) is 4.27. The van der Waals surface area contributed by atoms with E-state index in [1.807, 2.05) is 26.8 Å². The summed E-state index contributed by atoms with van der Waals surface area (Å²) in [4.78, 5) is 12.1. The largest absolute Gasteiger partial charge is 0.426 e. The van der Waals surface area contributed by atoms with Crippen LogP contribution in [0.4, 0.5) is 0 Å². The number of fused-ring (bicyclic) bond motifs is 1. The zero-order chi connectivity index (χ0) is 18.7. The molecule has 0 saturated carbocycles. The molecule has 0 amide bonds. The van der Waals surface area contributed by atoms with Gasteiger partial charge in [0.15, 0.2) is 0 Å². The highest BCUT2D eigenvalue weighted by atomic mass is 16.5. The first kappa shape index (κ1) is 18.9. The van der Waals surface area contributed by atoms with Crippen molar-refractivity contribution in [1.29, 1.82) is 0 Å². The fourth-order valence-corrected chi connectivity index (χ4v) is 3.93. The minimum absolute atomic E-state index is 0.182. The van der Waals surface area contributed by atoms with E-state index in [2.05, 4.69) is 48.7 Å². The summed E-state index contributed by atoms with van der Waals surface area (Å²) < 4.78 is 5.57. The number of rotatable bonds is 4. The molecule has 0 saturated heterocycles. The Kier molecular flexibility index (Phi) is 5.67. The zero-order valence-corrected chi connectivity index (χ0v) is 16.4. The first-order chi connectivity index (χ1) is 12.4. The van der Waals surface area contributed by atoms with Gasteiger partial charge >= 0.3 is 5.97 Å². The molecule has 0 aliphatic heterocycles. The first-order valence-corrected chi connectivity index (χ1v) is 9.81. The lowest BCUT2D eigenvalue weighted by molar-refractivity contribution is -0.143. The Morgan fingerprint density at radius 3 is 2.69 bits per heavy atom. The number of likely N-dealkylation sites (N-methyl/N-ethyl adjacent to an activating group) is 1. The topological polar surface area (TPSA) is 38.3 Å². The molecule has 140 valence electrons. The van der Waals surface area contributed by atoms with Crippen molar-refractivity contribution in [1.82, 2.24) is 5.32 Å². The zero-order valence-electron chi connectivity index (χ0n) is 16.4. The number of hydrogen-bond donors (Lipinski definition) is 1. The molecule has 0 aromatic heterocycles. The molecule has 1 N–H and O–H groups in total. The van der Waals surface area contributed by atoms with E-state index in [9.17, 15) is 4.79 Å². The highest BCUT2D eigenvalue weighted by Crippen LogP contribution is 2.35. The standard InChI is InChI=1S/C23H31NO2/c1-5-24-21-9-7-6-8-20(21)18-11-10-17-15-19(13-12-16(17)14-18)26-22(25)23(2,3)4/h6-9,12-13,15,18,20-21,24H,5,10-11,14H2,1-4H3/t18-,20?,21?/m1/s1. The van der Waals surface area contributed by atoms with E-state index >= 15 is 0 Å². The van der Waals surface area contributed by atoms with E-state index in [-0.39, 0.29) is 5.97 Å². The van der Waals surface area contributed by atoms with Crippen LogP contribution in [-0.4, -0.2) is 18.6 Å². The molecule has 0 spiro atoms. The molecule has 2 aliphatic rings. The second-order valence-electron chi connectivity index (χ2n) is 8.50. The normalized spacial score (nSPS) is 25.0. The van der Waals surface area contributed by atoms with Crippen molar-refractivity contribution in [2.45, 2.75) is 53.0 Å². The number of nitrogens with one attached hydrogen (secondary N) is 1. The Bertz CT molecular complexity index is 711. The summed E-state index contributed by atoms with van der Waals surface area (Å²) in [6.45, 7) is 8.80. The summed E-state index contributed by atoms with van der Waals surface area (Å²) >= 11 is 0. The van der Waals surface area contributed by atoms with Crippen molar-refractivity contribution >= 4 is 5.97 Å². The summed E-state index contributed by atoms with van der Waals surface area (Å²) in [5.74, 6) is 1.69. The number of benzene rings is 1. The van der Waals surface area contributed by atoms with Crippen LogP contribution in [-0.2, 0) is 17.6 Å². The van der Waals surface area contributed by atoms with E-state index < -0.39 is 5.41 Å². The third-order valence-electron chi connectivity index (χ3n) is 5.43. The van der Waals surface area contributed by atoms with Gasteiger partial charge in [0.05, 0.1) is 5.41 Å². The average Bonchev–Trinajstić information content (AvgIpc) is 2.61. The maximum absolute atomic E-state index is 12.1.